The van der Waals surface area contributed by atoms with Crippen molar-refractivity contribution in [3.8, 4) is 0 Å². The van der Waals surface area contributed by atoms with Gasteiger partial charge in [-0.1, -0.05) is 12.1 Å². The number of amidine groups is 1. The van der Waals surface area contributed by atoms with Crippen LogP contribution in [0.15, 0.2) is 51.8 Å². The van der Waals surface area contributed by atoms with E-state index in [0.717, 1.165) is 6.07 Å². The molecule has 0 unspecified atom stereocenters. The van der Waals surface area contributed by atoms with Crippen molar-refractivity contribution in [3.63, 3.8) is 0 Å². The molecule has 0 aromatic heterocycles. The molecule has 1 aliphatic rings. The summed E-state index contributed by atoms with van der Waals surface area (Å²) in [6.07, 6.45) is 0. The Balaban J connectivity index is 2.05. The topological polar surface area (TPSA) is 58.5 Å². The molecule has 0 radical (unpaired) electrons. The van der Waals surface area contributed by atoms with E-state index in [2.05, 4.69) is 9.71 Å². The zero-order valence-electron chi connectivity index (χ0n) is 9.97. The average molecular weight is 294 g/mol. The number of hydrogen-bond acceptors (Lipinski definition) is 3. The van der Waals surface area contributed by atoms with E-state index in [0.29, 0.717) is 11.6 Å². The number of anilines is 1. The summed E-state index contributed by atoms with van der Waals surface area (Å²) >= 11 is 0. The maximum absolute atomic E-state index is 13.6. The van der Waals surface area contributed by atoms with Gasteiger partial charge in [-0.3, -0.25) is 0 Å². The summed E-state index contributed by atoms with van der Waals surface area (Å²) in [4.78, 5) is 0.0602. The minimum absolute atomic E-state index is 0.0195. The molecule has 2 aromatic rings. The molecule has 3 rings (SSSR count). The van der Waals surface area contributed by atoms with Crippen LogP contribution in [0.4, 0.5) is 14.5 Å². The van der Waals surface area contributed by atoms with Gasteiger partial charge in [-0.05, 0) is 24.3 Å². The molecule has 1 aliphatic heterocycles. The number of nitrogens with one attached hydrogen (secondary N) is 1. The first-order valence-electron chi connectivity index (χ1n) is 5.64. The summed E-state index contributed by atoms with van der Waals surface area (Å²) in [5.74, 6) is -1.52. The molecule has 1 N–H and O–H groups in total. The van der Waals surface area contributed by atoms with Crippen molar-refractivity contribution in [1.29, 1.82) is 0 Å². The predicted octanol–water partition coefficient (Wildman–Crippen LogP) is 2.53. The zero-order chi connectivity index (χ0) is 14.3. The average Bonchev–Trinajstić information content (AvgIpc) is 2.65. The Morgan fingerprint density at radius 1 is 1.05 bits per heavy atom. The number of nitrogens with zero attached hydrogens (tertiary/aromatic N) is 1. The van der Waals surface area contributed by atoms with Crippen molar-refractivity contribution < 1.29 is 17.2 Å². The number of benzene rings is 2. The van der Waals surface area contributed by atoms with Crippen LogP contribution in [-0.2, 0) is 10.0 Å². The lowest BCUT2D eigenvalue weighted by Gasteiger charge is -2.07. The van der Waals surface area contributed by atoms with Crippen LogP contribution in [0.1, 0.15) is 5.56 Å². The molecule has 0 atom stereocenters. The number of hydrogen-bond donors (Lipinski definition) is 1. The minimum Gasteiger partial charge on any atom is -0.337 e. The van der Waals surface area contributed by atoms with Crippen LogP contribution in [0.25, 0.3) is 0 Å². The van der Waals surface area contributed by atoms with Crippen LogP contribution in [0.5, 0.6) is 0 Å². The summed E-state index contributed by atoms with van der Waals surface area (Å²) < 4.78 is 53.6. The molecule has 102 valence electrons. The summed E-state index contributed by atoms with van der Waals surface area (Å²) in [6, 6.07) is 9.17. The maximum atomic E-state index is 13.6. The Morgan fingerprint density at radius 3 is 2.55 bits per heavy atom. The van der Waals surface area contributed by atoms with Crippen molar-refractivity contribution in [3.05, 3.63) is 59.7 Å². The molecule has 0 amide bonds. The van der Waals surface area contributed by atoms with Crippen LogP contribution in [0, 0.1) is 11.6 Å². The fourth-order valence-electron chi connectivity index (χ4n) is 1.91. The van der Waals surface area contributed by atoms with Gasteiger partial charge in [-0.25, -0.2) is 8.78 Å². The van der Waals surface area contributed by atoms with E-state index in [-0.39, 0.29) is 16.4 Å². The second kappa shape index (κ2) is 4.38. The van der Waals surface area contributed by atoms with Gasteiger partial charge < -0.3 is 5.32 Å². The SMILES string of the molecule is O=S1(=O)N=C(Nc2ccc(F)cc2F)c2ccccc21. The van der Waals surface area contributed by atoms with Gasteiger partial charge in [0.1, 0.15) is 16.5 Å². The highest BCUT2D eigenvalue weighted by atomic mass is 32.2. The Hall–Kier alpha value is -2.28. The lowest BCUT2D eigenvalue weighted by atomic mass is 10.2. The summed E-state index contributed by atoms with van der Waals surface area (Å²) in [6.45, 7) is 0. The van der Waals surface area contributed by atoms with E-state index in [1.54, 1.807) is 18.2 Å². The third kappa shape index (κ3) is 2.05. The van der Waals surface area contributed by atoms with Gasteiger partial charge in [0.15, 0.2) is 5.84 Å². The molecule has 0 spiro atoms. The molecular formula is C13H8F2N2O2S. The first-order valence-corrected chi connectivity index (χ1v) is 7.08. The van der Waals surface area contributed by atoms with Gasteiger partial charge in [0.25, 0.3) is 10.0 Å². The zero-order valence-corrected chi connectivity index (χ0v) is 10.8. The van der Waals surface area contributed by atoms with Crippen molar-refractivity contribution in [2.75, 3.05) is 5.32 Å². The predicted molar refractivity (Wildman–Crippen MR) is 70.1 cm³/mol. The molecule has 0 aliphatic carbocycles. The minimum atomic E-state index is -3.77. The van der Waals surface area contributed by atoms with Gasteiger partial charge in [0, 0.05) is 11.6 Å². The van der Waals surface area contributed by atoms with Crippen molar-refractivity contribution in [2.45, 2.75) is 4.90 Å². The van der Waals surface area contributed by atoms with Gasteiger partial charge in [-0.2, -0.15) is 8.42 Å². The van der Waals surface area contributed by atoms with Gasteiger partial charge in [0.05, 0.1) is 5.69 Å². The largest absolute Gasteiger partial charge is 0.337 e. The molecule has 4 nitrogen and oxygen atoms in total. The van der Waals surface area contributed by atoms with E-state index < -0.39 is 21.7 Å². The van der Waals surface area contributed by atoms with Crippen LogP contribution in [0.3, 0.4) is 0 Å². The van der Waals surface area contributed by atoms with E-state index >= 15 is 0 Å². The molecular weight excluding hydrogens is 286 g/mol. The van der Waals surface area contributed by atoms with Gasteiger partial charge >= 0.3 is 0 Å². The molecule has 0 bridgehead atoms. The standard InChI is InChI=1S/C13H8F2N2O2S/c14-8-5-6-11(10(15)7-8)16-13-9-3-1-2-4-12(9)20(18,19)17-13/h1-7H,(H,16,17). The molecule has 0 saturated heterocycles. The van der Waals surface area contributed by atoms with E-state index in [1.807, 2.05) is 0 Å². The molecule has 20 heavy (non-hydrogen) atoms. The Bertz CT molecular complexity index is 832. The van der Waals surface area contributed by atoms with Crippen LogP contribution < -0.4 is 5.32 Å². The van der Waals surface area contributed by atoms with Gasteiger partial charge in [0.2, 0.25) is 0 Å². The lowest BCUT2D eigenvalue weighted by Crippen LogP contribution is -2.12. The normalized spacial score (nSPS) is 15.6. The number of sulfonamides is 1. The Labute approximate surface area is 113 Å². The molecule has 0 fully saturated rings. The van der Waals surface area contributed by atoms with Crippen LogP contribution in [-0.4, -0.2) is 14.3 Å². The first kappa shape index (κ1) is 12.7. The van der Waals surface area contributed by atoms with Gasteiger partial charge in [-0.15, -0.1) is 4.40 Å². The molecule has 0 saturated carbocycles. The van der Waals surface area contributed by atoms with Crippen molar-refractivity contribution in [2.24, 2.45) is 4.40 Å². The maximum Gasteiger partial charge on any atom is 0.285 e. The highest BCUT2D eigenvalue weighted by molar-refractivity contribution is 7.90. The third-order valence-corrected chi connectivity index (χ3v) is 4.15. The molecule has 7 heteroatoms. The second-order valence-corrected chi connectivity index (χ2v) is 5.73. The highest BCUT2D eigenvalue weighted by Gasteiger charge is 2.28. The van der Waals surface area contributed by atoms with Crippen LogP contribution in [0.2, 0.25) is 0 Å². The molecule has 2 aromatic carbocycles. The summed E-state index contributed by atoms with van der Waals surface area (Å²) in [7, 11) is -3.77. The third-order valence-electron chi connectivity index (χ3n) is 2.82. The van der Waals surface area contributed by atoms with Crippen molar-refractivity contribution >= 4 is 21.5 Å². The Morgan fingerprint density at radius 2 is 1.80 bits per heavy atom. The monoisotopic (exact) mass is 294 g/mol. The van der Waals surface area contributed by atoms with E-state index in [4.69, 9.17) is 0 Å². The number of halogens is 2. The van der Waals surface area contributed by atoms with Crippen molar-refractivity contribution in [1.82, 2.24) is 0 Å². The highest BCUT2D eigenvalue weighted by Crippen LogP contribution is 2.27. The summed E-state index contributed by atoms with van der Waals surface area (Å²) in [5, 5.41) is 2.58. The van der Waals surface area contributed by atoms with E-state index in [9.17, 15) is 17.2 Å². The first-order chi connectivity index (χ1) is 9.47. The fraction of sp³-hybridized carbons (Fsp3) is 0. The Kier molecular flexibility index (Phi) is 2.79. The number of rotatable bonds is 1. The number of fused-ring (bicyclic) bond motifs is 1. The van der Waals surface area contributed by atoms with Crippen LogP contribution >= 0.6 is 0 Å². The smallest absolute Gasteiger partial charge is 0.285 e. The fourth-order valence-corrected chi connectivity index (χ4v) is 3.09. The second-order valence-electron chi connectivity index (χ2n) is 4.16. The lowest BCUT2D eigenvalue weighted by molar-refractivity contribution is 0.586. The molecule has 1 heterocycles. The van der Waals surface area contributed by atoms with E-state index in [1.165, 1.54) is 12.1 Å². The summed E-state index contributed by atoms with van der Waals surface area (Å²) in [5.41, 5.74) is 0.313. The quantitative estimate of drug-likeness (QED) is 0.879.